The summed E-state index contributed by atoms with van der Waals surface area (Å²) in [6, 6.07) is 15.7. The molecule has 0 fully saturated rings. The van der Waals surface area contributed by atoms with Gasteiger partial charge in [-0.1, -0.05) is 23.9 Å². The van der Waals surface area contributed by atoms with Crippen molar-refractivity contribution in [3.05, 3.63) is 53.4 Å². The van der Waals surface area contributed by atoms with E-state index in [0.29, 0.717) is 11.6 Å². The van der Waals surface area contributed by atoms with Crippen LogP contribution in [0, 0.1) is 6.92 Å². The van der Waals surface area contributed by atoms with Gasteiger partial charge in [0.15, 0.2) is 10.3 Å². The van der Waals surface area contributed by atoms with E-state index in [9.17, 15) is 4.79 Å². The number of anilines is 1. The highest BCUT2D eigenvalue weighted by Crippen LogP contribution is 2.31. The molecule has 30 heavy (non-hydrogen) atoms. The fraction of sp³-hybridized carbons (Fsp3) is 0.227. The van der Waals surface area contributed by atoms with E-state index in [1.54, 1.807) is 18.9 Å². The standard InChI is InChI=1S/C22H22N4O2S2/c1-14-20(15-9-11-16(28-2)12-10-15)26-22(30-14)25-19(27)8-5-13-29-21-23-17-6-3-4-7-18(17)24-21/h3-4,6-7,9-12H,5,8,13H2,1-2H3,(H,23,24)(H,25,26,27). The molecule has 0 aliphatic heterocycles. The molecule has 0 saturated carbocycles. The highest BCUT2D eigenvalue weighted by molar-refractivity contribution is 7.99. The number of para-hydroxylation sites is 2. The number of H-pyrrole nitrogens is 1. The molecule has 0 radical (unpaired) electrons. The quantitative estimate of drug-likeness (QED) is 0.280. The number of rotatable bonds is 8. The number of hydrogen-bond donors (Lipinski definition) is 2. The molecule has 0 bridgehead atoms. The topological polar surface area (TPSA) is 79.9 Å². The first-order chi connectivity index (χ1) is 14.6. The van der Waals surface area contributed by atoms with Crippen molar-refractivity contribution in [2.24, 2.45) is 0 Å². The van der Waals surface area contributed by atoms with Crippen LogP contribution >= 0.6 is 23.1 Å². The number of aryl methyl sites for hydroxylation is 1. The van der Waals surface area contributed by atoms with Crippen LogP contribution in [0.4, 0.5) is 5.13 Å². The van der Waals surface area contributed by atoms with Crippen LogP contribution in [0.1, 0.15) is 17.7 Å². The average Bonchev–Trinajstić information content (AvgIpc) is 3.34. The van der Waals surface area contributed by atoms with E-state index in [1.165, 1.54) is 11.3 Å². The number of amides is 1. The predicted octanol–water partition coefficient (Wildman–Crippen LogP) is 5.51. The normalized spacial score (nSPS) is 11.0. The molecule has 6 nitrogen and oxygen atoms in total. The minimum Gasteiger partial charge on any atom is -0.497 e. The molecule has 2 N–H and O–H groups in total. The largest absolute Gasteiger partial charge is 0.497 e. The highest BCUT2D eigenvalue weighted by Gasteiger charge is 2.12. The van der Waals surface area contributed by atoms with E-state index in [2.05, 4.69) is 20.3 Å². The van der Waals surface area contributed by atoms with Crippen molar-refractivity contribution in [3.63, 3.8) is 0 Å². The second-order valence-corrected chi connectivity index (χ2v) is 9.00. The maximum Gasteiger partial charge on any atom is 0.226 e. The summed E-state index contributed by atoms with van der Waals surface area (Å²) >= 11 is 3.12. The van der Waals surface area contributed by atoms with Crippen LogP contribution in [-0.2, 0) is 4.79 Å². The SMILES string of the molecule is COc1ccc(-c2nc(NC(=O)CCCSc3nc4ccccc4[nH]3)sc2C)cc1. The third-order valence-corrected chi connectivity index (χ3v) is 6.41. The fourth-order valence-corrected chi connectivity index (χ4v) is 4.73. The monoisotopic (exact) mass is 438 g/mol. The molecule has 0 saturated heterocycles. The molecule has 0 spiro atoms. The second-order valence-electron chi connectivity index (χ2n) is 6.71. The smallest absolute Gasteiger partial charge is 0.226 e. The number of thioether (sulfide) groups is 1. The van der Waals surface area contributed by atoms with E-state index in [4.69, 9.17) is 4.74 Å². The summed E-state index contributed by atoms with van der Waals surface area (Å²) in [6.45, 7) is 2.01. The average molecular weight is 439 g/mol. The van der Waals surface area contributed by atoms with Gasteiger partial charge in [0.2, 0.25) is 5.91 Å². The minimum atomic E-state index is -0.0183. The number of imidazole rings is 1. The Morgan fingerprint density at radius 1 is 1.17 bits per heavy atom. The summed E-state index contributed by atoms with van der Waals surface area (Å²) in [5.41, 5.74) is 3.89. The summed E-state index contributed by atoms with van der Waals surface area (Å²) in [5, 5.41) is 4.44. The molecule has 0 unspecified atom stereocenters. The van der Waals surface area contributed by atoms with E-state index in [0.717, 1.165) is 50.2 Å². The molecular weight excluding hydrogens is 416 g/mol. The van der Waals surface area contributed by atoms with E-state index in [-0.39, 0.29) is 5.91 Å². The number of aromatic nitrogens is 3. The predicted molar refractivity (Wildman–Crippen MR) is 124 cm³/mol. The van der Waals surface area contributed by atoms with Crippen LogP contribution in [0.3, 0.4) is 0 Å². The Bertz CT molecular complexity index is 1120. The Hall–Kier alpha value is -2.84. The zero-order valence-electron chi connectivity index (χ0n) is 16.8. The molecule has 4 aromatic rings. The lowest BCUT2D eigenvalue weighted by molar-refractivity contribution is -0.116. The number of carbonyl (C=O) groups excluding carboxylic acids is 1. The van der Waals surface area contributed by atoms with Crippen molar-refractivity contribution in [2.45, 2.75) is 24.9 Å². The Morgan fingerprint density at radius 3 is 2.73 bits per heavy atom. The molecule has 0 aliphatic carbocycles. The van der Waals surface area contributed by atoms with Crippen LogP contribution in [-0.4, -0.2) is 33.7 Å². The lowest BCUT2D eigenvalue weighted by atomic mass is 10.1. The number of thiazole rings is 1. The van der Waals surface area contributed by atoms with Gasteiger partial charge in [0.1, 0.15) is 5.75 Å². The first kappa shape index (κ1) is 20.4. The maximum absolute atomic E-state index is 12.3. The number of fused-ring (bicyclic) bond motifs is 1. The first-order valence-electron chi connectivity index (χ1n) is 9.61. The Balaban J connectivity index is 1.27. The zero-order chi connectivity index (χ0) is 20.9. The summed E-state index contributed by atoms with van der Waals surface area (Å²) in [7, 11) is 1.64. The first-order valence-corrected chi connectivity index (χ1v) is 11.4. The third-order valence-electron chi connectivity index (χ3n) is 4.56. The van der Waals surface area contributed by atoms with Crippen LogP contribution in [0.25, 0.3) is 22.3 Å². The van der Waals surface area contributed by atoms with Gasteiger partial charge in [-0.15, -0.1) is 11.3 Å². The van der Waals surface area contributed by atoms with Crippen molar-refractivity contribution >= 4 is 45.2 Å². The lowest BCUT2D eigenvalue weighted by Crippen LogP contribution is -2.11. The number of ether oxygens (including phenoxy) is 1. The molecule has 2 aromatic carbocycles. The number of hydrogen-bond acceptors (Lipinski definition) is 6. The van der Waals surface area contributed by atoms with Gasteiger partial charge in [0.25, 0.3) is 0 Å². The minimum absolute atomic E-state index is 0.0183. The Labute approximate surface area is 183 Å². The lowest BCUT2D eigenvalue weighted by Gasteiger charge is -2.02. The Morgan fingerprint density at radius 2 is 1.97 bits per heavy atom. The van der Waals surface area contributed by atoms with Gasteiger partial charge in [-0.3, -0.25) is 4.79 Å². The maximum atomic E-state index is 12.3. The van der Waals surface area contributed by atoms with E-state index in [1.807, 2.05) is 55.5 Å². The number of nitrogens with one attached hydrogen (secondary N) is 2. The Kier molecular flexibility index (Phi) is 6.35. The molecular formula is C22H22N4O2S2. The van der Waals surface area contributed by atoms with Crippen molar-refractivity contribution in [3.8, 4) is 17.0 Å². The van der Waals surface area contributed by atoms with Crippen LogP contribution in [0.2, 0.25) is 0 Å². The molecule has 4 rings (SSSR count). The molecule has 1 amide bonds. The molecule has 0 aliphatic rings. The van der Waals surface area contributed by atoms with Gasteiger partial charge in [-0.2, -0.15) is 0 Å². The van der Waals surface area contributed by atoms with Crippen molar-refractivity contribution in [1.82, 2.24) is 15.0 Å². The fourth-order valence-electron chi connectivity index (χ4n) is 3.05. The second kappa shape index (κ2) is 9.32. The van der Waals surface area contributed by atoms with Crippen molar-refractivity contribution in [2.75, 3.05) is 18.2 Å². The van der Waals surface area contributed by atoms with Gasteiger partial charge < -0.3 is 15.0 Å². The van der Waals surface area contributed by atoms with Gasteiger partial charge >= 0.3 is 0 Å². The number of methoxy groups -OCH3 is 1. The van der Waals surface area contributed by atoms with Gasteiger partial charge in [-0.05, 0) is 49.7 Å². The number of benzene rings is 2. The summed E-state index contributed by atoms with van der Waals surface area (Å²) in [5.74, 6) is 1.61. The summed E-state index contributed by atoms with van der Waals surface area (Å²) in [4.78, 5) is 25.8. The van der Waals surface area contributed by atoms with Crippen LogP contribution < -0.4 is 10.1 Å². The van der Waals surface area contributed by atoms with Crippen LogP contribution in [0.5, 0.6) is 5.75 Å². The summed E-state index contributed by atoms with van der Waals surface area (Å²) in [6.07, 6.45) is 1.22. The van der Waals surface area contributed by atoms with Crippen LogP contribution in [0.15, 0.2) is 53.7 Å². The number of aromatic amines is 1. The molecule has 154 valence electrons. The zero-order valence-corrected chi connectivity index (χ0v) is 18.4. The van der Waals surface area contributed by atoms with E-state index < -0.39 is 0 Å². The summed E-state index contributed by atoms with van der Waals surface area (Å²) < 4.78 is 5.20. The van der Waals surface area contributed by atoms with Gasteiger partial charge in [0.05, 0.1) is 23.8 Å². The molecule has 2 heterocycles. The number of carbonyl (C=O) groups is 1. The molecule has 2 aromatic heterocycles. The highest BCUT2D eigenvalue weighted by atomic mass is 32.2. The van der Waals surface area contributed by atoms with Gasteiger partial charge in [0, 0.05) is 22.6 Å². The third kappa shape index (κ3) is 4.83. The van der Waals surface area contributed by atoms with Gasteiger partial charge in [-0.25, -0.2) is 9.97 Å². The van der Waals surface area contributed by atoms with Crippen molar-refractivity contribution in [1.29, 1.82) is 0 Å². The molecule has 8 heteroatoms. The number of nitrogens with zero attached hydrogens (tertiary/aromatic N) is 2. The molecule has 0 atom stereocenters. The van der Waals surface area contributed by atoms with E-state index >= 15 is 0 Å². The van der Waals surface area contributed by atoms with Crippen molar-refractivity contribution < 1.29 is 9.53 Å².